The van der Waals surface area contributed by atoms with Crippen molar-refractivity contribution in [3.8, 4) is 0 Å². The Morgan fingerprint density at radius 3 is 2.42 bits per heavy atom. The maximum absolute atomic E-state index is 14.2. The average Bonchev–Trinajstić information content (AvgIpc) is 2.94. The molecule has 1 amide bonds. The van der Waals surface area contributed by atoms with Crippen LogP contribution in [-0.2, 0) is 0 Å². The summed E-state index contributed by atoms with van der Waals surface area (Å²) < 4.78 is 28.4. The zero-order chi connectivity index (χ0) is 19.1. The molecule has 26 heavy (non-hydrogen) atoms. The smallest absolute Gasteiger partial charge is 0.294 e. The molecule has 136 valence electrons. The Morgan fingerprint density at radius 1 is 1.19 bits per heavy atom. The molecule has 0 radical (unpaired) electrons. The predicted molar refractivity (Wildman–Crippen MR) is 95.8 cm³/mol. The molecule has 0 aromatic heterocycles. The van der Waals surface area contributed by atoms with Crippen LogP contribution < -0.4 is 0 Å². The monoisotopic (exact) mass is 398 g/mol. The molecule has 2 aromatic carbocycles. The quantitative estimate of drug-likeness (QED) is 0.821. The van der Waals surface area contributed by atoms with Gasteiger partial charge in [0.1, 0.15) is 0 Å². The van der Waals surface area contributed by atoms with Gasteiger partial charge in [-0.15, -0.1) is 0 Å². The normalized spacial score (nSPS) is 20.2. The van der Waals surface area contributed by atoms with E-state index in [9.17, 15) is 18.7 Å². The van der Waals surface area contributed by atoms with E-state index in [1.54, 1.807) is 30.3 Å². The fourth-order valence-corrected chi connectivity index (χ4v) is 2.96. The van der Waals surface area contributed by atoms with Crippen LogP contribution in [0.25, 0.3) is 0 Å². The van der Waals surface area contributed by atoms with Crippen molar-refractivity contribution in [2.45, 2.75) is 25.0 Å². The second-order valence-electron chi connectivity index (χ2n) is 6.06. The Labute approximate surface area is 158 Å². The van der Waals surface area contributed by atoms with Gasteiger partial charge in [0.2, 0.25) is 5.72 Å². The molecule has 0 fully saturated rings. The highest BCUT2D eigenvalue weighted by molar-refractivity contribution is 6.31. The summed E-state index contributed by atoms with van der Waals surface area (Å²) in [6.07, 6.45) is -0.523. The number of rotatable bonds is 3. The van der Waals surface area contributed by atoms with Crippen molar-refractivity contribution in [1.82, 2.24) is 5.01 Å². The summed E-state index contributed by atoms with van der Waals surface area (Å²) in [5.41, 5.74) is -2.11. The lowest BCUT2D eigenvalue weighted by molar-refractivity contribution is -0.222. The molecule has 8 heteroatoms. The number of hydrazone groups is 1. The van der Waals surface area contributed by atoms with Crippen LogP contribution in [0.4, 0.5) is 8.78 Å². The minimum atomic E-state index is -3.61. The summed E-state index contributed by atoms with van der Waals surface area (Å²) in [6, 6.07) is 12.1. The van der Waals surface area contributed by atoms with Crippen molar-refractivity contribution in [3.05, 3.63) is 69.7 Å². The van der Waals surface area contributed by atoms with Gasteiger partial charge < -0.3 is 5.11 Å². The summed E-state index contributed by atoms with van der Waals surface area (Å²) in [5.74, 6) is -4.49. The minimum absolute atomic E-state index is 0.0429. The first-order valence-electron chi connectivity index (χ1n) is 7.65. The summed E-state index contributed by atoms with van der Waals surface area (Å²) >= 11 is 11.7. The Kier molecular flexibility index (Phi) is 4.77. The second kappa shape index (κ2) is 6.61. The predicted octanol–water partition coefficient (Wildman–Crippen LogP) is 4.59. The first-order chi connectivity index (χ1) is 12.1. The van der Waals surface area contributed by atoms with Gasteiger partial charge in [-0.2, -0.15) is 10.1 Å². The number of amides is 1. The van der Waals surface area contributed by atoms with E-state index < -0.39 is 24.0 Å². The number of hydrogen-bond acceptors (Lipinski definition) is 3. The Balaban J connectivity index is 2.05. The lowest BCUT2D eigenvalue weighted by Crippen LogP contribution is -2.57. The lowest BCUT2D eigenvalue weighted by atomic mass is 9.96. The van der Waals surface area contributed by atoms with Crippen molar-refractivity contribution < 1.29 is 18.7 Å². The zero-order valence-corrected chi connectivity index (χ0v) is 15.1. The third-order valence-electron chi connectivity index (χ3n) is 4.13. The van der Waals surface area contributed by atoms with E-state index in [-0.39, 0.29) is 16.3 Å². The number of hydrogen-bond donors (Lipinski definition) is 1. The Hall–Kier alpha value is -2.02. The highest BCUT2D eigenvalue weighted by Crippen LogP contribution is 2.41. The van der Waals surface area contributed by atoms with E-state index in [2.05, 4.69) is 5.10 Å². The Bertz CT molecular complexity index is 882. The third kappa shape index (κ3) is 3.32. The van der Waals surface area contributed by atoms with Gasteiger partial charge in [0.15, 0.2) is 0 Å². The topological polar surface area (TPSA) is 52.9 Å². The van der Waals surface area contributed by atoms with Crippen LogP contribution in [0.2, 0.25) is 10.0 Å². The first kappa shape index (κ1) is 18.8. The Morgan fingerprint density at radius 2 is 1.85 bits per heavy atom. The molecule has 1 atom stereocenters. The molecule has 0 saturated heterocycles. The summed E-state index contributed by atoms with van der Waals surface area (Å²) in [7, 11) is 0. The van der Waals surface area contributed by atoms with E-state index in [1.165, 1.54) is 18.2 Å². The third-order valence-corrected chi connectivity index (χ3v) is 4.62. The molecule has 3 rings (SSSR count). The first-order valence-corrected chi connectivity index (χ1v) is 8.41. The number of carbonyl (C=O) groups is 1. The van der Waals surface area contributed by atoms with Crippen LogP contribution in [0.1, 0.15) is 29.3 Å². The van der Waals surface area contributed by atoms with Crippen molar-refractivity contribution >= 4 is 34.8 Å². The second-order valence-corrected chi connectivity index (χ2v) is 6.94. The number of carbonyl (C=O) groups excluding carboxylic acids is 1. The van der Waals surface area contributed by atoms with Crippen LogP contribution in [0.5, 0.6) is 0 Å². The molecule has 0 aliphatic carbocycles. The number of benzene rings is 2. The van der Waals surface area contributed by atoms with E-state index in [4.69, 9.17) is 23.2 Å². The van der Waals surface area contributed by atoms with E-state index in [0.29, 0.717) is 22.5 Å². The maximum Gasteiger partial charge on any atom is 0.294 e. The summed E-state index contributed by atoms with van der Waals surface area (Å²) in [5, 5.41) is 15.8. The summed E-state index contributed by atoms with van der Waals surface area (Å²) in [6.45, 7) is 0.547. The van der Waals surface area contributed by atoms with Crippen LogP contribution in [0, 0.1) is 0 Å². The minimum Gasteiger partial charge on any atom is -0.364 e. The summed E-state index contributed by atoms with van der Waals surface area (Å²) in [4.78, 5) is 12.7. The van der Waals surface area contributed by atoms with Crippen molar-refractivity contribution in [2.75, 3.05) is 0 Å². The van der Waals surface area contributed by atoms with Crippen molar-refractivity contribution in [3.63, 3.8) is 0 Å². The lowest BCUT2D eigenvalue weighted by Gasteiger charge is -2.35. The zero-order valence-electron chi connectivity index (χ0n) is 13.6. The standard InChI is InChI=1S/C18H14Cl2F2N2O2/c1-17(21,22)18(26)10-15(11-5-7-13(19)8-6-11)23-24(18)16(25)12-3-2-4-14(20)9-12/h2-9,26H,10H2,1H3/t18-/m1/s1. The van der Waals surface area contributed by atoms with E-state index in [1.807, 2.05) is 0 Å². The number of halogens is 4. The largest absolute Gasteiger partial charge is 0.364 e. The number of alkyl halides is 2. The van der Waals surface area contributed by atoms with Crippen molar-refractivity contribution in [1.29, 1.82) is 0 Å². The van der Waals surface area contributed by atoms with Gasteiger partial charge in [-0.3, -0.25) is 4.79 Å². The molecule has 0 unspecified atom stereocenters. The van der Waals surface area contributed by atoms with Gasteiger partial charge >= 0.3 is 0 Å². The van der Waals surface area contributed by atoms with Gasteiger partial charge in [-0.25, -0.2) is 8.78 Å². The molecule has 0 spiro atoms. The molecular formula is C18H14Cl2F2N2O2. The average molecular weight is 399 g/mol. The maximum atomic E-state index is 14.2. The van der Waals surface area contributed by atoms with Crippen LogP contribution >= 0.6 is 23.2 Å². The molecule has 1 N–H and O–H groups in total. The van der Waals surface area contributed by atoms with E-state index >= 15 is 0 Å². The van der Waals surface area contributed by atoms with Gasteiger partial charge in [0.25, 0.3) is 11.8 Å². The number of nitrogens with zero attached hydrogens (tertiary/aromatic N) is 2. The van der Waals surface area contributed by atoms with Crippen LogP contribution in [-0.4, -0.2) is 33.4 Å². The SMILES string of the molecule is CC(F)(F)[C@]1(O)CC(c2ccc(Cl)cc2)=NN1C(=O)c1cccc(Cl)c1. The molecule has 1 heterocycles. The fourth-order valence-electron chi connectivity index (χ4n) is 2.65. The van der Waals surface area contributed by atoms with Crippen LogP contribution in [0.15, 0.2) is 53.6 Å². The van der Waals surface area contributed by atoms with E-state index in [0.717, 1.165) is 0 Å². The highest BCUT2D eigenvalue weighted by atomic mass is 35.5. The molecular weight excluding hydrogens is 385 g/mol. The number of aliphatic hydroxyl groups is 1. The van der Waals surface area contributed by atoms with Crippen LogP contribution in [0.3, 0.4) is 0 Å². The molecule has 1 aliphatic heterocycles. The molecule has 2 aromatic rings. The van der Waals surface area contributed by atoms with Crippen molar-refractivity contribution in [2.24, 2.45) is 5.10 Å². The fraction of sp³-hybridized carbons (Fsp3) is 0.222. The van der Waals surface area contributed by atoms with Gasteiger partial charge in [-0.05, 0) is 35.9 Å². The molecule has 4 nitrogen and oxygen atoms in total. The highest BCUT2D eigenvalue weighted by Gasteiger charge is 2.59. The van der Waals surface area contributed by atoms with Gasteiger partial charge in [0, 0.05) is 29.0 Å². The molecule has 0 saturated carbocycles. The molecule has 0 bridgehead atoms. The molecule has 1 aliphatic rings. The van der Waals surface area contributed by atoms with Gasteiger partial charge in [-0.1, -0.05) is 41.4 Å². The van der Waals surface area contributed by atoms with Gasteiger partial charge in [0.05, 0.1) is 5.71 Å².